The second kappa shape index (κ2) is 5.92. The Morgan fingerprint density at radius 1 is 1.33 bits per heavy atom. The molecule has 1 saturated heterocycles. The summed E-state index contributed by atoms with van der Waals surface area (Å²) >= 11 is 0. The van der Waals surface area contributed by atoms with Gasteiger partial charge in [-0.2, -0.15) is 0 Å². The van der Waals surface area contributed by atoms with Gasteiger partial charge in [0.05, 0.1) is 6.26 Å². The molecular formula is C16H22N2O3. The highest BCUT2D eigenvalue weighted by molar-refractivity contribution is 5.95. The van der Waals surface area contributed by atoms with Crippen LogP contribution in [0.5, 0.6) is 0 Å². The third kappa shape index (κ3) is 2.82. The Bertz CT molecular complexity index is 508. The summed E-state index contributed by atoms with van der Waals surface area (Å²) in [6.07, 6.45) is 6.83. The largest absolute Gasteiger partial charge is 0.459 e. The Balaban J connectivity index is 1.65. The number of carbonyl (C=O) groups is 2. The normalized spacial score (nSPS) is 22.1. The number of hydrogen-bond donors (Lipinski definition) is 0. The van der Waals surface area contributed by atoms with E-state index < -0.39 is 0 Å². The lowest BCUT2D eigenvalue weighted by atomic mass is 9.85. The third-order valence-corrected chi connectivity index (χ3v) is 4.66. The molecule has 0 spiro atoms. The Morgan fingerprint density at radius 3 is 2.76 bits per heavy atom. The first-order valence-electron chi connectivity index (χ1n) is 7.76. The van der Waals surface area contributed by atoms with Gasteiger partial charge in [-0.05, 0) is 43.7 Å². The summed E-state index contributed by atoms with van der Waals surface area (Å²) in [6.45, 7) is 1.45. The Hall–Kier alpha value is -1.78. The summed E-state index contributed by atoms with van der Waals surface area (Å²) in [5.41, 5.74) is 0. The monoisotopic (exact) mass is 290 g/mol. The van der Waals surface area contributed by atoms with Gasteiger partial charge in [0.2, 0.25) is 5.91 Å². The molecule has 21 heavy (non-hydrogen) atoms. The van der Waals surface area contributed by atoms with E-state index in [0.717, 1.165) is 19.4 Å². The van der Waals surface area contributed by atoms with Gasteiger partial charge in [-0.1, -0.05) is 6.42 Å². The molecule has 1 aliphatic heterocycles. The maximum Gasteiger partial charge on any atom is 0.290 e. The van der Waals surface area contributed by atoms with Crippen molar-refractivity contribution >= 4 is 11.8 Å². The number of likely N-dealkylation sites (tertiary alicyclic amines) is 1. The van der Waals surface area contributed by atoms with Crippen LogP contribution in [-0.4, -0.2) is 47.8 Å². The minimum atomic E-state index is -0.326. The molecule has 2 amide bonds. The molecule has 0 unspecified atom stereocenters. The van der Waals surface area contributed by atoms with E-state index in [1.54, 1.807) is 17.0 Å². The SMILES string of the molecule is CN(CC1CCC1)C(=O)[C@H]1CCCN1C(=O)c1ccco1. The zero-order valence-electron chi connectivity index (χ0n) is 12.5. The molecule has 0 aromatic carbocycles. The molecule has 5 nitrogen and oxygen atoms in total. The Labute approximate surface area is 124 Å². The van der Waals surface area contributed by atoms with Crippen LogP contribution < -0.4 is 0 Å². The maximum absolute atomic E-state index is 12.6. The minimum Gasteiger partial charge on any atom is -0.459 e. The van der Waals surface area contributed by atoms with Crippen LogP contribution in [0.25, 0.3) is 0 Å². The Kier molecular flexibility index (Phi) is 3.99. The van der Waals surface area contributed by atoms with Crippen molar-refractivity contribution in [3.8, 4) is 0 Å². The quantitative estimate of drug-likeness (QED) is 0.853. The predicted molar refractivity (Wildman–Crippen MR) is 77.7 cm³/mol. The topological polar surface area (TPSA) is 53.8 Å². The van der Waals surface area contributed by atoms with Crippen LogP contribution in [0.1, 0.15) is 42.7 Å². The highest BCUT2D eigenvalue weighted by atomic mass is 16.3. The van der Waals surface area contributed by atoms with Crippen LogP contribution in [0.15, 0.2) is 22.8 Å². The zero-order valence-corrected chi connectivity index (χ0v) is 12.5. The van der Waals surface area contributed by atoms with Gasteiger partial charge in [0, 0.05) is 20.1 Å². The second-order valence-corrected chi connectivity index (χ2v) is 6.15. The highest BCUT2D eigenvalue weighted by Crippen LogP contribution is 2.28. The number of rotatable bonds is 4. The summed E-state index contributed by atoms with van der Waals surface area (Å²) in [5, 5.41) is 0. The smallest absolute Gasteiger partial charge is 0.290 e. The number of carbonyl (C=O) groups excluding carboxylic acids is 2. The number of amides is 2. The van der Waals surface area contributed by atoms with Crippen molar-refractivity contribution in [1.29, 1.82) is 0 Å². The molecule has 1 aromatic heterocycles. The van der Waals surface area contributed by atoms with E-state index in [1.807, 2.05) is 11.9 Å². The molecule has 0 radical (unpaired) electrons. The summed E-state index contributed by atoms with van der Waals surface area (Å²) in [5.74, 6) is 0.859. The molecule has 3 rings (SSSR count). The Morgan fingerprint density at radius 2 is 2.14 bits per heavy atom. The van der Waals surface area contributed by atoms with E-state index in [-0.39, 0.29) is 17.9 Å². The summed E-state index contributed by atoms with van der Waals surface area (Å²) in [6, 6.07) is 3.02. The fourth-order valence-corrected chi connectivity index (χ4v) is 3.22. The van der Waals surface area contributed by atoms with Gasteiger partial charge < -0.3 is 14.2 Å². The van der Waals surface area contributed by atoms with E-state index in [9.17, 15) is 9.59 Å². The van der Waals surface area contributed by atoms with Gasteiger partial charge >= 0.3 is 0 Å². The van der Waals surface area contributed by atoms with E-state index in [4.69, 9.17) is 4.42 Å². The molecule has 2 heterocycles. The van der Waals surface area contributed by atoms with Gasteiger partial charge in [-0.3, -0.25) is 9.59 Å². The first-order valence-corrected chi connectivity index (χ1v) is 7.76. The second-order valence-electron chi connectivity index (χ2n) is 6.15. The average molecular weight is 290 g/mol. The van der Waals surface area contributed by atoms with E-state index in [1.165, 1.54) is 25.5 Å². The van der Waals surface area contributed by atoms with Gasteiger partial charge in [0.25, 0.3) is 5.91 Å². The zero-order chi connectivity index (χ0) is 14.8. The van der Waals surface area contributed by atoms with Gasteiger partial charge in [-0.15, -0.1) is 0 Å². The lowest BCUT2D eigenvalue weighted by Gasteiger charge is -2.33. The van der Waals surface area contributed by atoms with Gasteiger partial charge in [0.15, 0.2) is 5.76 Å². The minimum absolute atomic E-state index is 0.0688. The first-order chi connectivity index (χ1) is 10.2. The van der Waals surface area contributed by atoms with Crippen molar-refractivity contribution in [3.05, 3.63) is 24.2 Å². The standard InChI is InChI=1S/C16H22N2O3/c1-17(11-12-5-2-6-12)15(19)13-7-3-9-18(13)16(20)14-8-4-10-21-14/h4,8,10,12-13H,2-3,5-7,9,11H2,1H3/t13-/m1/s1. The molecule has 2 aliphatic rings. The number of nitrogens with zero attached hydrogens (tertiary/aromatic N) is 2. The van der Waals surface area contributed by atoms with Gasteiger partial charge in [-0.25, -0.2) is 0 Å². The number of likely N-dealkylation sites (N-methyl/N-ethyl adjacent to an activating group) is 1. The summed E-state index contributed by atoms with van der Waals surface area (Å²) in [4.78, 5) is 28.5. The van der Waals surface area contributed by atoms with Crippen molar-refractivity contribution in [2.45, 2.75) is 38.1 Å². The van der Waals surface area contributed by atoms with Crippen LogP contribution in [0, 0.1) is 5.92 Å². The molecule has 5 heteroatoms. The molecule has 2 fully saturated rings. The predicted octanol–water partition coefficient (Wildman–Crippen LogP) is 2.14. The lowest BCUT2D eigenvalue weighted by Crippen LogP contribution is -2.48. The molecule has 1 saturated carbocycles. The molecule has 1 atom stereocenters. The van der Waals surface area contributed by atoms with Crippen molar-refractivity contribution in [2.24, 2.45) is 5.92 Å². The summed E-state index contributed by atoms with van der Waals surface area (Å²) < 4.78 is 5.17. The van der Waals surface area contributed by atoms with Crippen LogP contribution in [0.4, 0.5) is 0 Å². The van der Waals surface area contributed by atoms with E-state index in [2.05, 4.69) is 0 Å². The highest BCUT2D eigenvalue weighted by Gasteiger charge is 2.37. The van der Waals surface area contributed by atoms with Crippen LogP contribution >= 0.6 is 0 Å². The summed E-state index contributed by atoms with van der Waals surface area (Å²) in [7, 11) is 1.86. The van der Waals surface area contributed by atoms with Crippen LogP contribution in [0.3, 0.4) is 0 Å². The molecule has 1 aromatic rings. The molecule has 114 valence electrons. The van der Waals surface area contributed by atoms with Gasteiger partial charge in [0.1, 0.15) is 6.04 Å². The average Bonchev–Trinajstić information content (AvgIpc) is 3.11. The van der Waals surface area contributed by atoms with Crippen molar-refractivity contribution in [2.75, 3.05) is 20.1 Å². The lowest BCUT2D eigenvalue weighted by molar-refractivity contribution is -0.134. The molecule has 1 aliphatic carbocycles. The molecule has 0 N–H and O–H groups in total. The van der Waals surface area contributed by atoms with E-state index in [0.29, 0.717) is 18.2 Å². The molecule has 0 bridgehead atoms. The van der Waals surface area contributed by atoms with Crippen molar-refractivity contribution < 1.29 is 14.0 Å². The van der Waals surface area contributed by atoms with Crippen LogP contribution in [-0.2, 0) is 4.79 Å². The fourth-order valence-electron chi connectivity index (χ4n) is 3.22. The third-order valence-electron chi connectivity index (χ3n) is 4.66. The number of furan rings is 1. The number of hydrogen-bond acceptors (Lipinski definition) is 3. The fraction of sp³-hybridized carbons (Fsp3) is 0.625. The van der Waals surface area contributed by atoms with Crippen molar-refractivity contribution in [1.82, 2.24) is 9.80 Å². The molecular weight excluding hydrogens is 268 g/mol. The first kappa shape index (κ1) is 14.2. The van der Waals surface area contributed by atoms with Crippen LogP contribution in [0.2, 0.25) is 0 Å². The van der Waals surface area contributed by atoms with E-state index >= 15 is 0 Å². The maximum atomic E-state index is 12.6. The van der Waals surface area contributed by atoms with Crippen molar-refractivity contribution in [3.63, 3.8) is 0 Å².